The number of fused-ring (bicyclic) bond motifs is 1. The number of sulfonamides is 1. The van der Waals surface area contributed by atoms with E-state index in [1.165, 1.54) is 16.9 Å². The van der Waals surface area contributed by atoms with Gasteiger partial charge in [-0.1, -0.05) is 18.2 Å². The Kier molecular flexibility index (Phi) is 5.41. The van der Waals surface area contributed by atoms with Gasteiger partial charge in [0, 0.05) is 19.3 Å². The maximum Gasteiger partial charge on any atom is 0.267 e. The summed E-state index contributed by atoms with van der Waals surface area (Å²) in [6, 6.07) is 14.6. The predicted octanol–water partition coefficient (Wildman–Crippen LogP) is 2.83. The first-order valence-electron chi connectivity index (χ1n) is 8.87. The van der Waals surface area contributed by atoms with Crippen LogP contribution in [-0.4, -0.2) is 40.3 Å². The van der Waals surface area contributed by atoms with Crippen LogP contribution in [0.5, 0.6) is 5.75 Å². The first-order chi connectivity index (χ1) is 12.8. The molecule has 1 aliphatic heterocycles. The second-order valence-electron chi connectivity index (χ2n) is 6.71. The van der Waals surface area contributed by atoms with Crippen molar-refractivity contribution in [1.82, 2.24) is 0 Å². The van der Waals surface area contributed by atoms with Crippen LogP contribution in [0.15, 0.2) is 48.5 Å². The number of carbonyl (C=O) groups excluding carboxylic acids is 1. The fraction of sp³-hybridized carbons (Fsp3) is 0.350. The standard InChI is InChI=1S/C20H24N2O4S/c1-15(20(23)22-14-6-8-16-7-4-5-9-19(16)22)26-18-12-10-17(11-13-18)21(2)27(3,24)25/h4-5,7,9-13,15H,6,8,14H2,1-3H3. The summed E-state index contributed by atoms with van der Waals surface area (Å²) in [6.07, 6.45) is 2.41. The summed E-state index contributed by atoms with van der Waals surface area (Å²) >= 11 is 0. The number of ether oxygens (including phenoxy) is 1. The summed E-state index contributed by atoms with van der Waals surface area (Å²) < 4.78 is 30.2. The first-order valence-corrected chi connectivity index (χ1v) is 10.7. The highest BCUT2D eigenvalue weighted by molar-refractivity contribution is 7.92. The van der Waals surface area contributed by atoms with Crippen LogP contribution in [0.1, 0.15) is 18.9 Å². The number of nitrogens with zero attached hydrogens (tertiary/aromatic N) is 2. The van der Waals surface area contributed by atoms with Gasteiger partial charge in [-0.05, 0) is 55.7 Å². The molecule has 27 heavy (non-hydrogen) atoms. The number of amides is 1. The lowest BCUT2D eigenvalue weighted by atomic mass is 10.0. The number of anilines is 2. The van der Waals surface area contributed by atoms with Crippen LogP contribution in [0.2, 0.25) is 0 Å². The number of benzene rings is 2. The quantitative estimate of drug-likeness (QED) is 0.790. The third-order valence-electron chi connectivity index (χ3n) is 4.73. The highest BCUT2D eigenvalue weighted by Crippen LogP contribution is 2.28. The molecular formula is C20H24N2O4S. The summed E-state index contributed by atoms with van der Waals surface area (Å²) in [7, 11) is -1.83. The van der Waals surface area contributed by atoms with Crippen molar-refractivity contribution >= 4 is 27.3 Å². The van der Waals surface area contributed by atoms with Crippen molar-refractivity contribution in [2.75, 3.05) is 29.1 Å². The van der Waals surface area contributed by atoms with Gasteiger partial charge in [0.05, 0.1) is 11.9 Å². The molecule has 1 amide bonds. The first kappa shape index (κ1) is 19.2. The summed E-state index contributed by atoms with van der Waals surface area (Å²) in [5, 5.41) is 0. The maximum absolute atomic E-state index is 12.9. The van der Waals surface area contributed by atoms with E-state index < -0.39 is 16.1 Å². The lowest BCUT2D eigenvalue weighted by Crippen LogP contribution is -2.43. The van der Waals surface area contributed by atoms with E-state index in [0.29, 0.717) is 18.0 Å². The molecule has 0 saturated heterocycles. The molecule has 0 spiro atoms. The van der Waals surface area contributed by atoms with E-state index in [2.05, 4.69) is 6.07 Å². The minimum atomic E-state index is -3.32. The van der Waals surface area contributed by atoms with Gasteiger partial charge in [-0.2, -0.15) is 0 Å². The third-order valence-corrected chi connectivity index (χ3v) is 5.94. The Hall–Kier alpha value is -2.54. The van der Waals surface area contributed by atoms with Gasteiger partial charge in [-0.3, -0.25) is 9.10 Å². The number of rotatable bonds is 5. The average Bonchev–Trinajstić information content (AvgIpc) is 2.66. The van der Waals surface area contributed by atoms with Gasteiger partial charge in [-0.25, -0.2) is 8.42 Å². The van der Waals surface area contributed by atoms with Gasteiger partial charge >= 0.3 is 0 Å². The molecule has 7 heteroatoms. The van der Waals surface area contributed by atoms with Crippen molar-refractivity contribution in [3.05, 3.63) is 54.1 Å². The zero-order chi connectivity index (χ0) is 19.6. The molecule has 3 rings (SSSR count). The summed E-state index contributed by atoms with van der Waals surface area (Å²) in [4.78, 5) is 14.7. The van der Waals surface area contributed by atoms with Gasteiger partial charge in [0.1, 0.15) is 5.75 Å². The minimum Gasteiger partial charge on any atom is -0.481 e. The molecule has 0 radical (unpaired) electrons. The third kappa shape index (κ3) is 4.24. The van der Waals surface area contributed by atoms with Gasteiger partial charge in [0.2, 0.25) is 10.0 Å². The zero-order valence-corrected chi connectivity index (χ0v) is 16.6. The number of hydrogen-bond acceptors (Lipinski definition) is 4. The summed E-state index contributed by atoms with van der Waals surface area (Å²) in [5.41, 5.74) is 2.67. The van der Waals surface area contributed by atoms with Crippen molar-refractivity contribution in [3.8, 4) is 5.75 Å². The molecule has 0 fully saturated rings. The molecular weight excluding hydrogens is 364 g/mol. The van der Waals surface area contributed by atoms with Crippen LogP contribution in [0.25, 0.3) is 0 Å². The van der Waals surface area contributed by atoms with Crippen molar-refractivity contribution in [3.63, 3.8) is 0 Å². The second kappa shape index (κ2) is 7.60. The predicted molar refractivity (Wildman–Crippen MR) is 107 cm³/mol. The number of hydrogen-bond donors (Lipinski definition) is 0. The molecule has 144 valence electrons. The minimum absolute atomic E-state index is 0.0838. The Morgan fingerprint density at radius 1 is 1.15 bits per heavy atom. The van der Waals surface area contributed by atoms with Crippen molar-refractivity contribution < 1.29 is 17.9 Å². The molecule has 0 bridgehead atoms. The summed E-state index contributed by atoms with van der Waals surface area (Å²) in [5.74, 6) is 0.436. The molecule has 1 aliphatic rings. The molecule has 0 saturated carbocycles. The van der Waals surface area contributed by atoms with Gasteiger partial charge in [-0.15, -0.1) is 0 Å². The lowest BCUT2D eigenvalue weighted by molar-refractivity contribution is -0.124. The molecule has 1 atom stereocenters. The van der Waals surface area contributed by atoms with Crippen LogP contribution in [0, 0.1) is 0 Å². The monoisotopic (exact) mass is 388 g/mol. The smallest absolute Gasteiger partial charge is 0.267 e. The Labute approximate surface area is 160 Å². The van der Waals surface area contributed by atoms with Crippen molar-refractivity contribution in [1.29, 1.82) is 0 Å². The van der Waals surface area contributed by atoms with Crippen molar-refractivity contribution in [2.45, 2.75) is 25.9 Å². The summed E-state index contributed by atoms with van der Waals surface area (Å²) in [6.45, 7) is 2.41. The normalized spacial score (nSPS) is 15.0. The van der Waals surface area contributed by atoms with Gasteiger partial charge < -0.3 is 9.64 Å². The SMILES string of the molecule is CC(Oc1ccc(N(C)S(C)(=O)=O)cc1)C(=O)N1CCCc2ccccc21. The lowest BCUT2D eigenvalue weighted by Gasteiger charge is -2.31. The van der Waals surface area contributed by atoms with E-state index in [0.717, 1.165) is 24.8 Å². The highest BCUT2D eigenvalue weighted by atomic mass is 32.2. The average molecular weight is 388 g/mol. The van der Waals surface area contributed by atoms with Crippen LogP contribution < -0.4 is 13.9 Å². The highest BCUT2D eigenvalue weighted by Gasteiger charge is 2.27. The second-order valence-corrected chi connectivity index (χ2v) is 8.72. The Balaban J connectivity index is 1.71. The fourth-order valence-electron chi connectivity index (χ4n) is 3.16. The molecule has 0 N–H and O–H groups in total. The molecule has 2 aromatic carbocycles. The largest absolute Gasteiger partial charge is 0.481 e. The van der Waals surface area contributed by atoms with Gasteiger partial charge in [0.15, 0.2) is 6.10 Å². The van der Waals surface area contributed by atoms with E-state index >= 15 is 0 Å². The van der Waals surface area contributed by atoms with Crippen LogP contribution >= 0.6 is 0 Å². The molecule has 1 unspecified atom stereocenters. The molecule has 2 aromatic rings. The molecule has 0 aliphatic carbocycles. The Morgan fingerprint density at radius 2 is 1.81 bits per heavy atom. The van der Waals surface area contributed by atoms with E-state index in [-0.39, 0.29) is 5.91 Å². The van der Waals surface area contributed by atoms with Crippen molar-refractivity contribution in [2.24, 2.45) is 0 Å². The number of carbonyl (C=O) groups is 1. The number of aryl methyl sites for hydroxylation is 1. The topological polar surface area (TPSA) is 66.9 Å². The van der Waals surface area contributed by atoms with E-state index in [1.54, 1.807) is 36.1 Å². The van der Waals surface area contributed by atoms with E-state index in [4.69, 9.17) is 4.74 Å². The molecule has 1 heterocycles. The maximum atomic E-state index is 12.9. The Bertz CT molecular complexity index is 925. The zero-order valence-electron chi connectivity index (χ0n) is 15.8. The van der Waals surface area contributed by atoms with Crippen LogP contribution in [0.4, 0.5) is 11.4 Å². The van der Waals surface area contributed by atoms with Crippen LogP contribution in [-0.2, 0) is 21.2 Å². The molecule has 0 aromatic heterocycles. The van der Waals surface area contributed by atoms with Gasteiger partial charge in [0.25, 0.3) is 5.91 Å². The van der Waals surface area contributed by atoms with Crippen LogP contribution in [0.3, 0.4) is 0 Å². The van der Waals surface area contributed by atoms with E-state index in [1.807, 2.05) is 18.2 Å². The molecule has 6 nitrogen and oxygen atoms in total. The number of para-hydroxylation sites is 1. The Morgan fingerprint density at radius 3 is 2.48 bits per heavy atom. The van der Waals surface area contributed by atoms with E-state index in [9.17, 15) is 13.2 Å². The fourth-order valence-corrected chi connectivity index (χ4v) is 3.67.